The van der Waals surface area contributed by atoms with Crippen molar-refractivity contribution < 1.29 is 9.53 Å². The molecule has 4 nitrogen and oxygen atoms in total. The van der Waals surface area contributed by atoms with Gasteiger partial charge in [-0.1, -0.05) is 28.1 Å². The predicted molar refractivity (Wildman–Crippen MR) is 96.8 cm³/mol. The first-order valence-electron chi connectivity index (χ1n) is 7.35. The minimum absolute atomic E-state index is 0.0252. The van der Waals surface area contributed by atoms with E-state index >= 15 is 0 Å². The number of rotatable bonds is 6. The number of carbonyl (C=O) groups is 1. The van der Waals surface area contributed by atoms with Gasteiger partial charge in [-0.25, -0.2) is 0 Å². The summed E-state index contributed by atoms with van der Waals surface area (Å²) in [5, 5.41) is 2.92. The number of hydrogen-bond donors (Lipinski definition) is 1. The molecule has 0 saturated heterocycles. The number of benzene rings is 2. The number of amides is 1. The van der Waals surface area contributed by atoms with Crippen LogP contribution in [0.3, 0.4) is 0 Å². The highest BCUT2D eigenvalue weighted by molar-refractivity contribution is 9.10. The number of nitrogens with zero attached hydrogens (tertiary/aromatic N) is 1. The maximum Gasteiger partial charge on any atom is 0.238 e. The second-order valence-electron chi connectivity index (χ2n) is 5.53. The third-order valence-electron chi connectivity index (χ3n) is 3.47. The van der Waals surface area contributed by atoms with E-state index in [1.165, 1.54) is 0 Å². The van der Waals surface area contributed by atoms with Gasteiger partial charge in [0.05, 0.1) is 13.7 Å². The van der Waals surface area contributed by atoms with Gasteiger partial charge < -0.3 is 10.1 Å². The van der Waals surface area contributed by atoms with E-state index in [2.05, 4.69) is 21.2 Å². The average molecular weight is 377 g/mol. The van der Waals surface area contributed by atoms with Gasteiger partial charge in [0.25, 0.3) is 0 Å². The van der Waals surface area contributed by atoms with E-state index in [-0.39, 0.29) is 5.91 Å². The number of nitrogens with one attached hydrogen (secondary N) is 1. The van der Waals surface area contributed by atoms with Crippen LogP contribution in [0, 0.1) is 6.92 Å². The summed E-state index contributed by atoms with van der Waals surface area (Å²) >= 11 is 3.45. The number of hydrogen-bond acceptors (Lipinski definition) is 3. The van der Waals surface area contributed by atoms with Crippen LogP contribution in [0.2, 0.25) is 0 Å². The topological polar surface area (TPSA) is 41.6 Å². The van der Waals surface area contributed by atoms with Gasteiger partial charge in [-0.15, -0.1) is 0 Å². The molecule has 0 aromatic heterocycles. The molecule has 122 valence electrons. The molecule has 2 aromatic rings. The molecular weight excluding hydrogens is 356 g/mol. The zero-order valence-corrected chi connectivity index (χ0v) is 15.2. The first-order chi connectivity index (χ1) is 11.0. The van der Waals surface area contributed by atoms with Crippen LogP contribution < -0.4 is 10.1 Å². The van der Waals surface area contributed by atoms with Gasteiger partial charge in [-0.3, -0.25) is 9.69 Å². The maximum absolute atomic E-state index is 12.1. The highest BCUT2D eigenvalue weighted by Crippen LogP contribution is 2.20. The van der Waals surface area contributed by atoms with E-state index in [9.17, 15) is 4.79 Å². The monoisotopic (exact) mass is 376 g/mol. The summed E-state index contributed by atoms with van der Waals surface area (Å²) in [5.74, 6) is 0.808. The van der Waals surface area contributed by atoms with Crippen LogP contribution in [-0.4, -0.2) is 31.5 Å². The van der Waals surface area contributed by atoms with Crippen LogP contribution in [0.5, 0.6) is 5.75 Å². The van der Waals surface area contributed by atoms with Crippen molar-refractivity contribution in [1.29, 1.82) is 0 Å². The van der Waals surface area contributed by atoms with Crippen LogP contribution >= 0.6 is 15.9 Å². The van der Waals surface area contributed by atoms with Crippen molar-refractivity contribution in [1.82, 2.24) is 4.90 Å². The van der Waals surface area contributed by atoms with E-state index < -0.39 is 0 Å². The fourth-order valence-corrected chi connectivity index (χ4v) is 2.51. The zero-order valence-electron chi connectivity index (χ0n) is 13.6. The van der Waals surface area contributed by atoms with E-state index in [1.54, 1.807) is 7.11 Å². The van der Waals surface area contributed by atoms with Gasteiger partial charge in [0.1, 0.15) is 5.75 Å². The number of likely N-dealkylation sites (N-methyl/N-ethyl adjacent to an activating group) is 1. The summed E-state index contributed by atoms with van der Waals surface area (Å²) in [5.41, 5.74) is 3.04. The second-order valence-corrected chi connectivity index (χ2v) is 6.39. The molecule has 0 aliphatic carbocycles. The lowest BCUT2D eigenvalue weighted by Gasteiger charge is -2.17. The Morgan fingerprint density at radius 2 is 1.91 bits per heavy atom. The van der Waals surface area contributed by atoms with Crippen LogP contribution in [0.4, 0.5) is 5.69 Å². The molecule has 5 heteroatoms. The van der Waals surface area contributed by atoms with Crippen LogP contribution in [0.25, 0.3) is 0 Å². The molecule has 1 N–H and O–H groups in total. The first kappa shape index (κ1) is 17.5. The van der Waals surface area contributed by atoms with Crippen molar-refractivity contribution >= 4 is 27.5 Å². The van der Waals surface area contributed by atoms with E-state index in [0.29, 0.717) is 13.1 Å². The number of halogens is 1. The largest absolute Gasteiger partial charge is 0.497 e. The quantitative estimate of drug-likeness (QED) is 0.832. The van der Waals surface area contributed by atoms with Gasteiger partial charge in [-0.05, 0) is 55.4 Å². The molecule has 0 bridgehead atoms. The van der Waals surface area contributed by atoms with Crippen LogP contribution in [0.15, 0.2) is 46.9 Å². The lowest BCUT2D eigenvalue weighted by Crippen LogP contribution is -2.29. The third kappa shape index (κ3) is 5.37. The Hall–Kier alpha value is -1.85. The molecule has 23 heavy (non-hydrogen) atoms. The molecule has 0 radical (unpaired) electrons. The Balaban J connectivity index is 1.87. The number of carbonyl (C=O) groups excluding carboxylic acids is 1. The fraction of sp³-hybridized carbons (Fsp3) is 0.278. The summed E-state index contributed by atoms with van der Waals surface area (Å²) in [4.78, 5) is 14.1. The molecule has 2 aromatic carbocycles. The number of methoxy groups -OCH3 is 1. The van der Waals surface area contributed by atoms with Gasteiger partial charge in [0.2, 0.25) is 5.91 Å². The summed E-state index contributed by atoms with van der Waals surface area (Å²) in [7, 11) is 3.58. The van der Waals surface area contributed by atoms with E-state index in [4.69, 9.17) is 4.74 Å². The normalized spacial score (nSPS) is 10.7. The average Bonchev–Trinajstić information content (AvgIpc) is 2.51. The Bertz CT molecular complexity index is 671. The van der Waals surface area contributed by atoms with Crippen molar-refractivity contribution in [2.45, 2.75) is 13.5 Å². The molecule has 0 saturated carbocycles. The summed E-state index contributed by atoms with van der Waals surface area (Å²) in [6.45, 7) is 3.04. The highest BCUT2D eigenvalue weighted by atomic mass is 79.9. The molecule has 0 fully saturated rings. The zero-order chi connectivity index (χ0) is 16.8. The Morgan fingerprint density at radius 1 is 1.22 bits per heavy atom. The standard InChI is InChI=1S/C18H21BrN2O2/c1-13-10-15(6-9-17(13)19)20-18(22)12-21(2)11-14-4-7-16(23-3)8-5-14/h4-10H,11-12H2,1-3H3,(H,20,22). The predicted octanol–water partition coefficient (Wildman–Crippen LogP) is 3.84. The van der Waals surface area contributed by atoms with Crippen molar-refractivity contribution in [3.63, 3.8) is 0 Å². The van der Waals surface area contributed by atoms with Crippen LogP contribution in [-0.2, 0) is 11.3 Å². The number of anilines is 1. The third-order valence-corrected chi connectivity index (χ3v) is 4.36. The van der Waals surface area contributed by atoms with Gasteiger partial charge in [-0.2, -0.15) is 0 Å². The number of aryl methyl sites for hydroxylation is 1. The van der Waals surface area contributed by atoms with Gasteiger partial charge in [0.15, 0.2) is 0 Å². The molecule has 1 amide bonds. The van der Waals surface area contributed by atoms with Crippen molar-refractivity contribution in [3.8, 4) is 5.75 Å². The van der Waals surface area contributed by atoms with E-state index in [0.717, 1.165) is 27.0 Å². The molecular formula is C18H21BrN2O2. The van der Waals surface area contributed by atoms with Gasteiger partial charge >= 0.3 is 0 Å². The highest BCUT2D eigenvalue weighted by Gasteiger charge is 2.08. The van der Waals surface area contributed by atoms with Crippen LogP contribution in [0.1, 0.15) is 11.1 Å². The molecule has 2 rings (SSSR count). The summed E-state index contributed by atoms with van der Waals surface area (Å²) < 4.78 is 6.18. The first-order valence-corrected chi connectivity index (χ1v) is 8.14. The maximum atomic E-state index is 12.1. The molecule has 0 unspecified atom stereocenters. The molecule has 0 aliphatic heterocycles. The Labute approximate surface area is 145 Å². The fourth-order valence-electron chi connectivity index (χ4n) is 2.27. The SMILES string of the molecule is COc1ccc(CN(C)CC(=O)Nc2ccc(Br)c(C)c2)cc1. The second kappa shape index (κ2) is 8.13. The Kier molecular flexibility index (Phi) is 6.19. The summed E-state index contributed by atoms with van der Waals surface area (Å²) in [6, 6.07) is 13.6. The summed E-state index contributed by atoms with van der Waals surface area (Å²) in [6.07, 6.45) is 0. The van der Waals surface area contributed by atoms with Crippen molar-refractivity contribution in [2.75, 3.05) is 26.0 Å². The van der Waals surface area contributed by atoms with Gasteiger partial charge in [0, 0.05) is 16.7 Å². The lowest BCUT2D eigenvalue weighted by molar-refractivity contribution is -0.117. The van der Waals surface area contributed by atoms with E-state index in [1.807, 2.05) is 61.3 Å². The molecule has 0 aliphatic rings. The Morgan fingerprint density at radius 3 is 2.52 bits per heavy atom. The molecule has 0 heterocycles. The number of ether oxygens (including phenoxy) is 1. The smallest absolute Gasteiger partial charge is 0.238 e. The molecule has 0 atom stereocenters. The molecule has 0 spiro atoms. The minimum Gasteiger partial charge on any atom is -0.497 e. The van der Waals surface area contributed by atoms with Crippen molar-refractivity contribution in [3.05, 3.63) is 58.1 Å². The van der Waals surface area contributed by atoms with Crippen molar-refractivity contribution in [2.24, 2.45) is 0 Å². The minimum atomic E-state index is -0.0252. The lowest BCUT2D eigenvalue weighted by atomic mass is 10.2.